The number of nitro benzene ring substituents is 1. The maximum Gasteiger partial charge on any atom is 0.340 e. The number of esters is 1. The topological polar surface area (TPSA) is 114 Å². The third-order valence-electron chi connectivity index (χ3n) is 3.66. The van der Waals surface area contributed by atoms with E-state index in [0.717, 1.165) is 0 Å². The van der Waals surface area contributed by atoms with Crippen molar-refractivity contribution in [1.82, 2.24) is 0 Å². The van der Waals surface area contributed by atoms with Gasteiger partial charge in [-0.05, 0) is 12.1 Å². The molecule has 136 valence electrons. The monoisotopic (exact) mass is 398 g/mol. The van der Waals surface area contributed by atoms with Gasteiger partial charge in [0.05, 0.1) is 27.8 Å². The number of hydrogen-bond acceptors (Lipinski definition) is 7. The largest absolute Gasteiger partial charge is 0.467 e. The lowest BCUT2D eigenvalue weighted by molar-refractivity contribution is -0.385. The summed E-state index contributed by atoms with van der Waals surface area (Å²) in [6.07, 6.45) is 0. The number of nitrogens with zero attached hydrogens (tertiary/aromatic N) is 1. The number of nitrogen functional groups attached to an aromatic ring is 1. The first-order valence-corrected chi connectivity index (χ1v) is 8.04. The molecule has 0 atom stereocenters. The summed E-state index contributed by atoms with van der Waals surface area (Å²) in [7, 11) is 0. The van der Waals surface area contributed by atoms with Gasteiger partial charge in [0.25, 0.3) is 5.69 Å². The van der Waals surface area contributed by atoms with Crippen LogP contribution >= 0.6 is 23.2 Å². The number of carbonyl (C=O) groups excluding carboxylic acids is 1. The maximum absolute atomic E-state index is 12.3. The minimum atomic E-state index is -0.765. The number of nitro groups is 1. The zero-order chi connectivity index (χ0) is 18.8. The number of non-ortho nitro benzene ring substituents is 1. The number of fused-ring (bicyclic) bond motifs is 1. The van der Waals surface area contributed by atoms with Crippen molar-refractivity contribution in [3.05, 3.63) is 61.1 Å². The highest BCUT2D eigenvalue weighted by atomic mass is 35.5. The number of carbonyl (C=O) groups is 1. The maximum atomic E-state index is 12.3. The lowest BCUT2D eigenvalue weighted by atomic mass is 10.1. The third-order valence-corrected chi connectivity index (χ3v) is 4.19. The highest BCUT2D eigenvalue weighted by Crippen LogP contribution is 2.34. The summed E-state index contributed by atoms with van der Waals surface area (Å²) in [5.74, 6) is -0.369. The predicted octanol–water partition coefficient (Wildman–Crippen LogP) is 3.71. The van der Waals surface area contributed by atoms with E-state index in [4.69, 9.17) is 43.1 Å². The molecule has 8 nitrogen and oxygen atoms in total. The summed E-state index contributed by atoms with van der Waals surface area (Å²) in [6.45, 7) is -0.0934. The Balaban J connectivity index is 1.87. The van der Waals surface area contributed by atoms with Gasteiger partial charge in [-0.3, -0.25) is 10.1 Å². The van der Waals surface area contributed by atoms with E-state index < -0.39 is 10.9 Å². The average molecular weight is 399 g/mol. The molecule has 0 fully saturated rings. The van der Waals surface area contributed by atoms with Crippen LogP contribution in [0.4, 0.5) is 11.4 Å². The minimum Gasteiger partial charge on any atom is -0.467 e. The van der Waals surface area contributed by atoms with E-state index in [1.807, 2.05) is 0 Å². The highest BCUT2D eigenvalue weighted by Gasteiger charge is 2.22. The molecule has 2 aromatic rings. The first kappa shape index (κ1) is 18.2. The Hall–Kier alpha value is -2.55. The summed E-state index contributed by atoms with van der Waals surface area (Å²) in [5, 5.41) is 11.4. The molecule has 3 rings (SSSR count). The molecule has 0 radical (unpaired) electrons. The highest BCUT2D eigenvalue weighted by molar-refractivity contribution is 6.37. The molecular weight excluding hydrogens is 387 g/mol. The molecule has 1 heterocycles. The summed E-state index contributed by atoms with van der Waals surface area (Å²) >= 11 is 11.8. The van der Waals surface area contributed by atoms with Crippen LogP contribution in [0, 0.1) is 10.1 Å². The van der Waals surface area contributed by atoms with Gasteiger partial charge >= 0.3 is 5.97 Å². The molecule has 2 aromatic carbocycles. The lowest BCUT2D eigenvalue weighted by Gasteiger charge is -2.20. The Morgan fingerprint density at radius 1 is 1.31 bits per heavy atom. The summed E-state index contributed by atoms with van der Waals surface area (Å²) < 4.78 is 15.7. The average Bonchev–Trinajstić information content (AvgIpc) is 2.62. The standard InChI is InChI=1S/C16H12Cl2N2O6/c17-10-3-12(14(19)13(18)4-10)16(21)25-6-9-2-11(20(22)23)1-8-5-24-7-26-15(8)9/h1-4H,5-7,19H2. The number of nitrogens with two attached hydrogens (primary N) is 1. The quantitative estimate of drug-likeness (QED) is 0.361. The lowest BCUT2D eigenvalue weighted by Crippen LogP contribution is -2.15. The normalized spacial score (nSPS) is 12.8. The van der Waals surface area contributed by atoms with Crippen molar-refractivity contribution in [3.8, 4) is 5.75 Å². The van der Waals surface area contributed by atoms with Crippen molar-refractivity contribution in [2.45, 2.75) is 13.2 Å². The van der Waals surface area contributed by atoms with Crippen LogP contribution in [0.1, 0.15) is 21.5 Å². The Morgan fingerprint density at radius 2 is 2.08 bits per heavy atom. The van der Waals surface area contributed by atoms with E-state index in [2.05, 4.69) is 0 Å². The molecule has 0 unspecified atom stereocenters. The van der Waals surface area contributed by atoms with Gasteiger partial charge in [-0.25, -0.2) is 4.79 Å². The Kier molecular flexibility index (Phi) is 5.17. The molecule has 0 saturated carbocycles. The van der Waals surface area contributed by atoms with E-state index in [1.165, 1.54) is 24.3 Å². The first-order chi connectivity index (χ1) is 12.4. The van der Waals surface area contributed by atoms with Crippen molar-refractivity contribution in [2.24, 2.45) is 0 Å². The second-order valence-corrected chi connectivity index (χ2v) is 6.23. The van der Waals surface area contributed by atoms with Gasteiger partial charge in [0, 0.05) is 28.3 Å². The van der Waals surface area contributed by atoms with Crippen molar-refractivity contribution in [3.63, 3.8) is 0 Å². The van der Waals surface area contributed by atoms with Crippen molar-refractivity contribution >= 4 is 40.5 Å². The fourth-order valence-electron chi connectivity index (χ4n) is 2.47. The Labute approximate surface area is 157 Å². The molecule has 0 bridgehead atoms. The number of ether oxygens (including phenoxy) is 3. The van der Waals surface area contributed by atoms with Crippen molar-refractivity contribution < 1.29 is 23.9 Å². The zero-order valence-electron chi connectivity index (χ0n) is 13.2. The van der Waals surface area contributed by atoms with E-state index in [0.29, 0.717) is 16.9 Å². The fraction of sp³-hybridized carbons (Fsp3) is 0.188. The van der Waals surface area contributed by atoms with Gasteiger partial charge in [-0.2, -0.15) is 0 Å². The first-order valence-electron chi connectivity index (χ1n) is 7.29. The number of rotatable bonds is 4. The van der Waals surface area contributed by atoms with Gasteiger partial charge in [0.2, 0.25) is 0 Å². The van der Waals surface area contributed by atoms with Crippen molar-refractivity contribution in [2.75, 3.05) is 12.5 Å². The zero-order valence-corrected chi connectivity index (χ0v) is 14.7. The molecule has 0 amide bonds. The van der Waals surface area contributed by atoms with Gasteiger partial charge in [0.15, 0.2) is 6.79 Å². The van der Waals surface area contributed by atoms with Gasteiger partial charge in [-0.15, -0.1) is 0 Å². The van der Waals surface area contributed by atoms with Crippen LogP contribution in [-0.2, 0) is 22.7 Å². The van der Waals surface area contributed by atoms with Crippen LogP contribution in [0.2, 0.25) is 10.0 Å². The number of benzene rings is 2. The van der Waals surface area contributed by atoms with Gasteiger partial charge in [-0.1, -0.05) is 23.2 Å². The molecule has 26 heavy (non-hydrogen) atoms. The molecule has 2 N–H and O–H groups in total. The van der Waals surface area contributed by atoms with Crippen LogP contribution in [0.3, 0.4) is 0 Å². The van der Waals surface area contributed by atoms with Crippen LogP contribution in [0.25, 0.3) is 0 Å². The molecule has 1 aliphatic rings. The van der Waals surface area contributed by atoms with Crippen LogP contribution in [0.15, 0.2) is 24.3 Å². The molecule has 10 heteroatoms. The van der Waals surface area contributed by atoms with Gasteiger partial charge < -0.3 is 19.9 Å². The van der Waals surface area contributed by atoms with Crippen LogP contribution in [-0.4, -0.2) is 17.7 Å². The molecule has 0 aliphatic carbocycles. The molecule has 0 spiro atoms. The summed E-state index contributed by atoms with van der Waals surface area (Å²) in [6, 6.07) is 5.37. The molecular formula is C16H12Cl2N2O6. The van der Waals surface area contributed by atoms with Crippen LogP contribution < -0.4 is 10.5 Å². The SMILES string of the molecule is Nc1c(Cl)cc(Cl)cc1C(=O)OCc1cc([N+](=O)[O-])cc2c1OCOC2. The second-order valence-electron chi connectivity index (χ2n) is 5.39. The fourth-order valence-corrected chi connectivity index (χ4v) is 2.96. The van der Waals surface area contributed by atoms with E-state index >= 15 is 0 Å². The van der Waals surface area contributed by atoms with E-state index in [-0.39, 0.29) is 47.0 Å². The predicted molar refractivity (Wildman–Crippen MR) is 93.4 cm³/mol. The van der Waals surface area contributed by atoms with E-state index in [1.54, 1.807) is 0 Å². The summed E-state index contributed by atoms with van der Waals surface area (Å²) in [5.41, 5.74) is 6.50. The molecule has 1 aliphatic heterocycles. The van der Waals surface area contributed by atoms with Gasteiger partial charge in [0.1, 0.15) is 12.4 Å². The minimum absolute atomic E-state index is 0.00259. The number of halogens is 2. The van der Waals surface area contributed by atoms with E-state index in [9.17, 15) is 14.9 Å². The smallest absolute Gasteiger partial charge is 0.340 e. The summed E-state index contributed by atoms with van der Waals surface area (Å²) in [4.78, 5) is 22.9. The second kappa shape index (κ2) is 7.36. The third kappa shape index (κ3) is 3.67. The Bertz CT molecular complexity index is 903. The molecule has 0 saturated heterocycles. The Morgan fingerprint density at radius 3 is 2.81 bits per heavy atom. The molecule has 0 aromatic heterocycles. The number of hydrogen-bond donors (Lipinski definition) is 1. The number of anilines is 1. The van der Waals surface area contributed by atoms with Crippen LogP contribution in [0.5, 0.6) is 5.75 Å². The van der Waals surface area contributed by atoms with Crippen molar-refractivity contribution in [1.29, 1.82) is 0 Å².